The Hall–Kier alpha value is -0.940. The van der Waals surface area contributed by atoms with Crippen LogP contribution in [-0.2, 0) is 37.9 Å². The van der Waals surface area contributed by atoms with Gasteiger partial charge in [-0.25, -0.2) is 0 Å². The van der Waals surface area contributed by atoms with Crippen molar-refractivity contribution in [3.63, 3.8) is 0 Å². The van der Waals surface area contributed by atoms with Gasteiger partial charge < -0.3 is 83.9 Å². The van der Waals surface area contributed by atoms with Gasteiger partial charge in [0.2, 0.25) is 0 Å². The third kappa shape index (κ3) is 7.49. The van der Waals surface area contributed by atoms with Gasteiger partial charge in [0, 0.05) is 12.3 Å². The van der Waals surface area contributed by atoms with Gasteiger partial charge in [0.05, 0.1) is 38.1 Å². The van der Waals surface area contributed by atoms with Crippen molar-refractivity contribution in [3.05, 3.63) is 11.6 Å². The molecule has 9 N–H and O–H groups in total. The Morgan fingerprint density at radius 1 is 0.677 bits per heavy atom. The smallest absolute Gasteiger partial charge is 0.187 e. The van der Waals surface area contributed by atoms with Crippen molar-refractivity contribution < 1.29 is 83.9 Å². The number of hydrogen-bond donors (Lipinski definition) is 9. The average molecular weight is 885 g/mol. The molecule has 354 valence electrons. The van der Waals surface area contributed by atoms with Crippen LogP contribution < -0.4 is 0 Å². The average Bonchev–Trinajstić information content (AvgIpc) is 3.70. The summed E-state index contributed by atoms with van der Waals surface area (Å²) in [5.74, 6) is 2.52. The van der Waals surface area contributed by atoms with Crippen LogP contribution in [0.3, 0.4) is 0 Å². The van der Waals surface area contributed by atoms with E-state index in [-0.39, 0.29) is 16.9 Å². The molecule has 62 heavy (non-hydrogen) atoms. The quantitative estimate of drug-likeness (QED) is 0.148. The molecule has 1 spiro atoms. The molecule has 0 radical (unpaired) electrons. The number of ether oxygens (including phenoxy) is 8. The normalized spacial score (nSPS) is 57.6. The number of hydrogen-bond acceptors (Lipinski definition) is 17. The molecule has 9 aliphatic rings. The van der Waals surface area contributed by atoms with Crippen molar-refractivity contribution in [2.75, 3.05) is 19.8 Å². The Balaban J connectivity index is 0.940. The van der Waals surface area contributed by atoms with Crippen molar-refractivity contribution >= 4 is 0 Å². The topological polar surface area (TPSA) is 256 Å². The zero-order valence-electron chi connectivity index (χ0n) is 36.6. The molecule has 0 unspecified atom stereocenters. The molecule has 5 aliphatic heterocycles. The Morgan fingerprint density at radius 3 is 2.03 bits per heavy atom. The van der Waals surface area contributed by atoms with Crippen molar-refractivity contribution in [3.8, 4) is 0 Å². The van der Waals surface area contributed by atoms with E-state index in [0.29, 0.717) is 48.3 Å². The third-order valence-electron chi connectivity index (χ3n) is 17.7. The lowest BCUT2D eigenvalue weighted by atomic mass is 9.47. The predicted octanol–water partition coefficient (Wildman–Crippen LogP) is 0.214. The fourth-order valence-electron chi connectivity index (χ4n) is 14.0. The molecule has 0 amide bonds. The third-order valence-corrected chi connectivity index (χ3v) is 17.7. The molecule has 0 bridgehead atoms. The number of aliphatic hydroxyl groups excluding tert-OH is 9. The van der Waals surface area contributed by atoms with E-state index in [2.05, 4.69) is 33.8 Å². The minimum Gasteiger partial charge on any atom is -0.394 e. The molecule has 3 saturated carbocycles. The highest BCUT2D eigenvalue weighted by atomic mass is 16.8. The summed E-state index contributed by atoms with van der Waals surface area (Å²) in [5, 5.41) is 95.8. The monoisotopic (exact) mass is 884 g/mol. The van der Waals surface area contributed by atoms with E-state index >= 15 is 0 Å². The molecular weight excluding hydrogens is 812 g/mol. The first kappa shape index (κ1) is 46.2. The first-order valence-electron chi connectivity index (χ1n) is 23.4. The Kier molecular flexibility index (Phi) is 12.9. The van der Waals surface area contributed by atoms with Crippen LogP contribution in [0.5, 0.6) is 0 Å². The second kappa shape index (κ2) is 17.3. The van der Waals surface area contributed by atoms with Gasteiger partial charge >= 0.3 is 0 Å². The van der Waals surface area contributed by atoms with E-state index in [1.54, 1.807) is 0 Å². The molecule has 17 heteroatoms. The van der Waals surface area contributed by atoms with Crippen LogP contribution in [0.4, 0.5) is 0 Å². The van der Waals surface area contributed by atoms with Gasteiger partial charge in [-0.3, -0.25) is 0 Å². The molecule has 0 aromatic rings. The van der Waals surface area contributed by atoms with Crippen molar-refractivity contribution in [2.45, 2.75) is 203 Å². The van der Waals surface area contributed by atoms with E-state index in [4.69, 9.17) is 37.9 Å². The maximum Gasteiger partial charge on any atom is 0.187 e. The van der Waals surface area contributed by atoms with Crippen molar-refractivity contribution in [2.24, 2.45) is 46.3 Å². The van der Waals surface area contributed by atoms with Crippen molar-refractivity contribution in [1.29, 1.82) is 0 Å². The molecule has 5 saturated heterocycles. The number of rotatable bonds is 8. The van der Waals surface area contributed by atoms with Gasteiger partial charge in [-0.05, 0) is 98.7 Å². The predicted molar refractivity (Wildman–Crippen MR) is 214 cm³/mol. The second-order valence-electron chi connectivity index (χ2n) is 21.1. The van der Waals surface area contributed by atoms with Gasteiger partial charge in [-0.1, -0.05) is 39.3 Å². The van der Waals surface area contributed by atoms with Crippen LogP contribution in [-0.4, -0.2) is 176 Å². The number of aliphatic hydroxyl groups is 9. The molecule has 17 nitrogen and oxygen atoms in total. The van der Waals surface area contributed by atoms with E-state index in [0.717, 1.165) is 51.6 Å². The standard InChI is InChI=1S/C45H72O17/c1-19-8-13-45(55-18-19)20(2)30-27(62-45)15-26-24-7-6-22-14-23(9-11-43(22,4)25(24)10-12-44(26,30)5)57-42-39(61-40-36(53)34(51)31(48)21(3)56-40)38(33(50)29(17-47)59-42)60-41-37(54)35(52)32(49)28(16-46)58-41/h6,19-21,23-42,46-54H,7-18H2,1-5H3/t19-,20+,21+,23+,24-,25+,26+,27+,28-,29-,30+,31+,32-,33-,34-,35+,36-,37-,38+,39-,40+,41+,42-,43+,44+,45-/m0/s1. The van der Waals surface area contributed by atoms with Gasteiger partial charge in [-0.2, -0.15) is 0 Å². The molecule has 4 aliphatic carbocycles. The van der Waals surface area contributed by atoms with Gasteiger partial charge in [0.15, 0.2) is 24.7 Å². The van der Waals surface area contributed by atoms with E-state index in [1.807, 2.05) is 0 Å². The highest BCUT2D eigenvalue weighted by Gasteiger charge is 2.69. The minimum absolute atomic E-state index is 0.0484. The SMILES string of the molecule is C[C@H]1CC[C@]2(OC1)O[C@@H]1C[C@@H]3[C@H]4CC=C5C[C@H](O[C@H]6O[C@@H](CO)[C@H](O)[C@@H](O[C@H]7O[C@@H](CO)[C@H](O)[C@@H](O)[C@@H]7O)[C@@H]6O[C@H]6O[C@H](C)[C@@H](O)[C@H](O)[C@@H]6O)CC[C@@]5(C)[C@@H]4CC[C@@]3(C)[C@@H]1[C@H]2C. The molecule has 5 heterocycles. The van der Waals surface area contributed by atoms with Crippen LogP contribution in [0.1, 0.15) is 92.4 Å². The maximum absolute atomic E-state index is 11.6. The summed E-state index contributed by atoms with van der Waals surface area (Å²) in [6.07, 6.45) is -12.4. The zero-order chi connectivity index (χ0) is 44.2. The molecule has 9 rings (SSSR count). The highest BCUT2D eigenvalue weighted by molar-refractivity contribution is 5.26. The number of allylic oxidation sites excluding steroid dienone is 1. The van der Waals surface area contributed by atoms with Crippen LogP contribution in [0, 0.1) is 46.3 Å². The largest absolute Gasteiger partial charge is 0.394 e. The summed E-state index contributed by atoms with van der Waals surface area (Å²) < 4.78 is 50.3. The van der Waals surface area contributed by atoms with Crippen LogP contribution in [0.15, 0.2) is 11.6 Å². The van der Waals surface area contributed by atoms with E-state index in [9.17, 15) is 46.0 Å². The summed E-state index contributed by atoms with van der Waals surface area (Å²) >= 11 is 0. The first-order valence-corrected chi connectivity index (χ1v) is 23.4. The maximum atomic E-state index is 11.6. The zero-order valence-corrected chi connectivity index (χ0v) is 36.6. The Bertz CT molecular complexity index is 1610. The lowest BCUT2D eigenvalue weighted by molar-refractivity contribution is -0.394. The van der Waals surface area contributed by atoms with Gasteiger partial charge in [-0.15, -0.1) is 0 Å². The fourth-order valence-corrected chi connectivity index (χ4v) is 14.0. The van der Waals surface area contributed by atoms with Crippen molar-refractivity contribution in [1.82, 2.24) is 0 Å². The number of fused-ring (bicyclic) bond motifs is 7. The lowest BCUT2D eigenvalue weighted by Crippen LogP contribution is -2.67. The summed E-state index contributed by atoms with van der Waals surface area (Å²) in [5.41, 5.74) is 1.45. The molecular formula is C45H72O17. The van der Waals surface area contributed by atoms with E-state index < -0.39 is 117 Å². The summed E-state index contributed by atoms with van der Waals surface area (Å²) in [7, 11) is 0. The second-order valence-corrected chi connectivity index (χ2v) is 21.1. The molecule has 8 fully saturated rings. The molecule has 0 aromatic heterocycles. The van der Waals surface area contributed by atoms with Crippen LogP contribution in [0.25, 0.3) is 0 Å². The summed E-state index contributed by atoms with van der Waals surface area (Å²) in [6.45, 7) is 10.4. The van der Waals surface area contributed by atoms with Gasteiger partial charge in [0.1, 0.15) is 67.1 Å². The lowest BCUT2D eigenvalue weighted by Gasteiger charge is -2.59. The van der Waals surface area contributed by atoms with Crippen LogP contribution in [0.2, 0.25) is 0 Å². The fraction of sp³-hybridized carbons (Fsp3) is 0.956. The molecule has 26 atom stereocenters. The summed E-state index contributed by atoms with van der Waals surface area (Å²) in [4.78, 5) is 0. The van der Waals surface area contributed by atoms with Gasteiger partial charge in [0.25, 0.3) is 0 Å². The molecule has 0 aromatic carbocycles. The Labute approximate surface area is 363 Å². The van der Waals surface area contributed by atoms with Crippen LogP contribution >= 0.6 is 0 Å². The summed E-state index contributed by atoms with van der Waals surface area (Å²) in [6, 6.07) is 0. The minimum atomic E-state index is -1.84. The Morgan fingerprint density at radius 2 is 1.34 bits per heavy atom. The first-order chi connectivity index (χ1) is 29.4. The van der Waals surface area contributed by atoms with E-state index in [1.165, 1.54) is 12.5 Å². The highest BCUT2D eigenvalue weighted by Crippen LogP contribution is 2.70.